The van der Waals surface area contributed by atoms with Crippen molar-refractivity contribution in [3.63, 3.8) is 0 Å². The van der Waals surface area contributed by atoms with Gasteiger partial charge in [0.2, 0.25) is 0 Å². The summed E-state index contributed by atoms with van der Waals surface area (Å²) in [5.41, 5.74) is 0.175. The average molecular weight is 331 g/mol. The highest BCUT2D eigenvalue weighted by Gasteiger charge is 2.44. The zero-order chi connectivity index (χ0) is 16.4. The predicted octanol–water partition coefficient (Wildman–Crippen LogP) is 0.697. The standard InChI is InChI=1S/C16H21N5O3/c22-15(14-2-1-5-18-14)20-6-7-23-10-16(9-20)4-3-13(24-16)8-21-12-17-11-19-21/h1-2,5,11-13,18H,3-4,6-10H2/t13-,16-/m1/s1. The van der Waals surface area contributed by atoms with Gasteiger partial charge in [-0.05, 0) is 25.0 Å². The van der Waals surface area contributed by atoms with E-state index in [2.05, 4.69) is 15.1 Å². The fourth-order valence-electron chi connectivity index (χ4n) is 3.49. The largest absolute Gasteiger partial charge is 0.377 e. The van der Waals surface area contributed by atoms with Gasteiger partial charge in [0.25, 0.3) is 5.91 Å². The summed E-state index contributed by atoms with van der Waals surface area (Å²) in [7, 11) is 0. The van der Waals surface area contributed by atoms with Gasteiger partial charge in [-0.3, -0.25) is 9.48 Å². The first-order valence-electron chi connectivity index (χ1n) is 8.25. The van der Waals surface area contributed by atoms with E-state index in [4.69, 9.17) is 9.47 Å². The number of carbonyl (C=O) groups is 1. The maximum absolute atomic E-state index is 12.7. The number of ether oxygens (including phenoxy) is 2. The van der Waals surface area contributed by atoms with Crippen LogP contribution in [-0.4, -0.2) is 68.6 Å². The van der Waals surface area contributed by atoms with E-state index in [1.165, 1.54) is 6.33 Å². The van der Waals surface area contributed by atoms with Gasteiger partial charge in [-0.1, -0.05) is 0 Å². The molecular weight excluding hydrogens is 310 g/mol. The summed E-state index contributed by atoms with van der Waals surface area (Å²) < 4.78 is 13.9. The zero-order valence-corrected chi connectivity index (χ0v) is 13.4. The Labute approximate surface area is 139 Å². The van der Waals surface area contributed by atoms with Gasteiger partial charge in [0.05, 0.1) is 32.4 Å². The molecule has 1 N–H and O–H groups in total. The second-order valence-corrected chi connectivity index (χ2v) is 6.44. The van der Waals surface area contributed by atoms with Gasteiger partial charge in [0, 0.05) is 12.7 Å². The summed E-state index contributed by atoms with van der Waals surface area (Å²) >= 11 is 0. The molecule has 4 rings (SSSR count). The molecule has 2 fully saturated rings. The molecule has 8 nitrogen and oxygen atoms in total. The molecule has 0 aliphatic carbocycles. The number of amides is 1. The molecule has 0 saturated carbocycles. The van der Waals surface area contributed by atoms with Crippen LogP contribution in [-0.2, 0) is 16.0 Å². The van der Waals surface area contributed by atoms with Gasteiger partial charge >= 0.3 is 0 Å². The van der Waals surface area contributed by atoms with Crippen LogP contribution >= 0.6 is 0 Å². The van der Waals surface area contributed by atoms with Crippen molar-refractivity contribution in [1.82, 2.24) is 24.6 Å². The van der Waals surface area contributed by atoms with Crippen LogP contribution in [0.15, 0.2) is 31.0 Å². The molecule has 2 aromatic rings. The second kappa shape index (κ2) is 6.37. The van der Waals surface area contributed by atoms with E-state index in [-0.39, 0.29) is 12.0 Å². The zero-order valence-electron chi connectivity index (χ0n) is 13.4. The lowest BCUT2D eigenvalue weighted by atomic mass is 10.00. The lowest BCUT2D eigenvalue weighted by Gasteiger charge is -2.31. The van der Waals surface area contributed by atoms with E-state index in [1.807, 2.05) is 11.0 Å². The quantitative estimate of drug-likeness (QED) is 0.895. The highest BCUT2D eigenvalue weighted by molar-refractivity contribution is 5.92. The lowest BCUT2D eigenvalue weighted by molar-refractivity contribution is -0.0881. The summed E-state index contributed by atoms with van der Waals surface area (Å²) in [6.45, 7) is 2.86. The van der Waals surface area contributed by atoms with Gasteiger partial charge in [0.1, 0.15) is 23.9 Å². The third-order valence-electron chi connectivity index (χ3n) is 4.66. The van der Waals surface area contributed by atoms with Crippen LogP contribution in [0.3, 0.4) is 0 Å². The Bertz CT molecular complexity index is 672. The van der Waals surface area contributed by atoms with Gasteiger partial charge < -0.3 is 19.4 Å². The fraction of sp³-hybridized carbons (Fsp3) is 0.562. The summed E-state index contributed by atoms with van der Waals surface area (Å²) in [4.78, 5) is 21.4. The Kier molecular flexibility index (Phi) is 4.07. The van der Waals surface area contributed by atoms with E-state index in [0.29, 0.717) is 38.5 Å². The number of H-pyrrole nitrogens is 1. The molecule has 1 amide bonds. The topological polar surface area (TPSA) is 85.3 Å². The van der Waals surface area contributed by atoms with Crippen molar-refractivity contribution in [2.45, 2.75) is 31.1 Å². The highest BCUT2D eigenvalue weighted by Crippen LogP contribution is 2.33. The Hall–Kier alpha value is -2.19. The normalized spacial score (nSPS) is 27.5. The minimum absolute atomic E-state index is 0.00630. The summed E-state index contributed by atoms with van der Waals surface area (Å²) in [5.74, 6) is -0.00630. The number of aromatic nitrogens is 4. The van der Waals surface area contributed by atoms with Crippen LogP contribution in [0.2, 0.25) is 0 Å². The van der Waals surface area contributed by atoms with Crippen LogP contribution in [0.1, 0.15) is 23.3 Å². The smallest absolute Gasteiger partial charge is 0.270 e. The van der Waals surface area contributed by atoms with Crippen molar-refractivity contribution in [2.24, 2.45) is 0 Å². The number of hydrogen-bond donors (Lipinski definition) is 1. The first-order chi connectivity index (χ1) is 11.7. The van der Waals surface area contributed by atoms with E-state index in [1.54, 1.807) is 23.3 Å². The first-order valence-corrected chi connectivity index (χ1v) is 8.25. The Morgan fingerprint density at radius 3 is 3.25 bits per heavy atom. The molecule has 4 heterocycles. The Morgan fingerprint density at radius 1 is 1.50 bits per heavy atom. The Balaban J connectivity index is 1.45. The maximum Gasteiger partial charge on any atom is 0.270 e. The highest BCUT2D eigenvalue weighted by atomic mass is 16.6. The number of rotatable bonds is 3. The van der Waals surface area contributed by atoms with Crippen molar-refractivity contribution in [2.75, 3.05) is 26.3 Å². The summed E-state index contributed by atoms with van der Waals surface area (Å²) in [6.07, 6.45) is 6.84. The van der Waals surface area contributed by atoms with Gasteiger partial charge in [-0.2, -0.15) is 5.10 Å². The molecule has 2 atom stereocenters. The van der Waals surface area contributed by atoms with Crippen molar-refractivity contribution >= 4 is 5.91 Å². The molecule has 2 aliphatic rings. The van der Waals surface area contributed by atoms with Crippen molar-refractivity contribution in [1.29, 1.82) is 0 Å². The SMILES string of the molecule is O=C(c1ccc[nH]1)N1CCOC[C@@]2(CC[C@H](Cn3cncn3)O2)C1. The van der Waals surface area contributed by atoms with Crippen molar-refractivity contribution < 1.29 is 14.3 Å². The number of nitrogens with one attached hydrogen (secondary N) is 1. The van der Waals surface area contributed by atoms with Gasteiger partial charge in [-0.25, -0.2) is 4.98 Å². The number of carbonyl (C=O) groups excluding carboxylic acids is 1. The molecular formula is C16H21N5O3. The number of nitrogens with zero attached hydrogens (tertiary/aromatic N) is 4. The summed E-state index contributed by atoms with van der Waals surface area (Å²) in [6, 6.07) is 3.63. The molecule has 0 radical (unpaired) electrons. The van der Waals surface area contributed by atoms with Gasteiger partial charge in [0.15, 0.2) is 0 Å². The van der Waals surface area contributed by atoms with Crippen LogP contribution in [0, 0.1) is 0 Å². The van der Waals surface area contributed by atoms with Crippen LogP contribution in [0.5, 0.6) is 0 Å². The van der Waals surface area contributed by atoms with Crippen LogP contribution < -0.4 is 0 Å². The van der Waals surface area contributed by atoms with Crippen molar-refractivity contribution in [3.8, 4) is 0 Å². The molecule has 0 unspecified atom stereocenters. The molecule has 2 aromatic heterocycles. The van der Waals surface area contributed by atoms with Crippen molar-refractivity contribution in [3.05, 3.63) is 36.7 Å². The Morgan fingerprint density at radius 2 is 2.46 bits per heavy atom. The van der Waals surface area contributed by atoms with E-state index in [0.717, 1.165) is 12.8 Å². The van der Waals surface area contributed by atoms with E-state index < -0.39 is 5.60 Å². The monoisotopic (exact) mass is 331 g/mol. The second-order valence-electron chi connectivity index (χ2n) is 6.44. The lowest BCUT2D eigenvalue weighted by Crippen LogP contribution is -2.47. The molecule has 0 aromatic carbocycles. The number of hydrogen-bond acceptors (Lipinski definition) is 5. The number of aromatic amines is 1. The predicted molar refractivity (Wildman–Crippen MR) is 84.4 cm³/mol. The average Bonchev–Trinajstić information content (AvgIpc) is 3.30. The molecule has 128 valence electrons. The third kappa shape index (κ3) is 3.07. The molecule has 1 spiro atoms. The molecule has 8 heteroatoms. The maximum atomic E-state index is 12.7. The minimum atomic E-state index is -0.427. The minimum Gasteiger partial charge on any atom is -0.377 e. The van der Waals surface area contributed by atoms with Crippen LogP contribution in [0.25, 0.3) is 0 Å². The fourth-order valence-corrected chi connectivity index (χ4v) is 3.49. The van der Waals surface area contributed by atoms with E-state index >= 15 is 0 Å². The summed E-state index contributed by atoms with van der Waals surface area (Å²) in [5, 5.41) is 4.13. The van der Waals surface area contributed by atoms with Crippen LogP contribution in [0.4, 0.5) is 0 Å². The molecule has 0 bridgehead atoms. The molecule has 24 heavy (non-hydrogen) atoms. The van der Waals surface area contributed by atoms with Gasteiger partial charge in [-0.15, -0.1) is 0 Å². The third-order valence-corrected chi connectivity index (χ3v) is 4.66. The first kappa shape index (κ1) is 15.3. The molecule has 2 aliphatic heterocycles. The molecule has 2 saturated heterocycles. The van der Waals surface area contributed by atoms with E-state index in [9.17, 15) is 4.79 Å².